The topological polar surface area (TPSA) is 128 Å². The molecule has 0 radical (unpaired) electrons. The molecule has 0 saturated heterocycles. The van der Waals surface area contributed by atoms with Crippen molar-refractivity contribution in [2.45, 2.75) is 12.8 Å². The van der Waals surface area contributed by atoms with Crippen molar-refractivity contribution in [3.05, 3.63) is 42.1 Å². The molecule has 0 spiro atoms. The molecule has 1 aliphatic rings. The molecule has 0 bridgehead atoms. The van der Waals surface area contributed by atoms with Gasteiger partial charge in [0.05, 0.1) is 25.2 Å². The highest BCUT2D eigenvalue weighted by Gasteiger charge is 2.30. The number of tetrazole rings is 1. The number of aromatic amines is 1. The van der Waals surface area contributed by atoms with Crippen LogP contribution in [0.2, 0.25) is 0 Å². The van der Waals surface area contributed by atoms with Crippen LogP contribution in [0, 0.1) is 5.92 Å². The second-order valence-electron chi connectivity index (χ2n) is 7.43. The van der Waals surface area contributed by atoms with Crippen molar-refractivity contribution in [1.82, 2.24) is 30.2 Å². The Morgan fingerprint density at radius 3 is 2.74 bits per heavy atom. The van der Waals surface area contributed by atoms with E-state index in [1.54, 1.807) is 7.05 Å². The number of methoxy groups -OCH3 is 1. The Bertz CT molecular complexity index is 1320. The minimum atomic E-state index is -0.499. The third-order valence-electron chi connectivity index (χ3n) is 5.20. The highest BCUT2D eigenvalue weighted by atomic mass is 16.5. The number of pyridine rings is 1. The molecule has 0 aliphatic heterocycles. The number of nitrogens with zero attached hydrogens (tertiary/aromatic N) is 5. The summed E-state index contributed by atoms with van der Waals surface area (Å²) in [4.78, 5) is 33.6. The van der Waals surface area contributed by atoms with Crippen molar-refractivity contribution in [3.63, 3.8) is 0 Å². The van der Waals surface area contributed by atoms with Crippen LogP contribution in [0.1, 0.15) is 23.2 Å². The van der Waals surface area contributed by atoms with E-state index >= 15 is 0 Å². The van der Waals surface area contributed by atoms with Crippen LogP contribution in [0.15, 0.2) is 36.5 Å². The van der Waals surface area contributed by atoms with E-state index in [0.717, 1.165) is 29.7 Å². The molecule has 3 heterocycles. The number of H-pyrrole nitrogens is 1. The Morgan fingerprint density at radius 2 is 2.03 bits per heavy atom. The molecule has 156 valence electrons. The number of hydrogen-bond acceptors (Lipinski definition) is 7. The Morgan fingerprint density at radius 1 is 1.23 bits per heavy atom. The van der Waals surface area contributed by atoms with Crippen molar-refractivity contribution >= 4 is 28.6 Å². The third-order valence-corrected chi connectivity index (χ3v) is 5.20. The summed E-state index contributed by atoms with van der Waals surface area (Å²) in [6, 6.07) is 9.49. The average Bonchev–Trinajstić information content (AvgIpc) is 3.39. The zero-order chi connectivity index (χ0) is 21.5. The highest BCUT2D eigenvalue weighted by molar-refractivity contribution is 6.10. The van der Waals surface area contributed by atoms with Crippen LogP contribution in [0.4, 0.5) is 5.82 Å². The van der Waals surface area contributed by atoms with E-state index in [1.165, 1.54) is 18.1 Å². The van der Waals surface area contributed by atoms with Gasteiger partial charge in [-0.05, 0) is 35.8 Å². The number of anilines is 1. The fraction of sp³-hybridized carbons (Fsp3) is 0.238. The van der Waals surface area contributed by atoms with Gasteiger partial charge in [0, 0.05) is 28.8 Å². The zero-order valence-corrected chi connectivity index (χ0v) is 16.9. The van der Waals surface area contributed by atoms with Crippen molar-refractivity contribution < 1.29 is 14.3 Å². The van der Waals surface area contributed by atoms with Gasteiger partial charge in [-0.1, -0.05) is 18.2 Å². The van der Waals surface area contributed by atoms with Crippen LogP contribution in [0.5, 0.6) is 0 Å². The van der Waals surface area contributed by atoms with Crippen molar-refractivity contribution in [2.75, 3.05) is 12.4 Å². The number of ether oxygens (including phenoxy) is 1. The first-order valence-corrected chi connectivity index (χ1v) is 9.79. The van der Waals surface area contributed by atoms with Crippen LogP contribution in [0.3, 0.4) is 0 Å². The molecule has 5 rings (SSSR count). The number of benzene rings is 1. The first-order chi connectivity index (χ1) is 15.0. The normalized spacial score (nSPS) is 13.4. The molecule has 1 aliphatic carbocycles. The number of amides is 1. The number of carbonyl (C=O) groups is 2. The van der Waals surface area contributed by atoms with Gasteiger partial charge in [0.25, 0.3) is 0 Å². The highest BCUT2D eigenvalue weighted by Crippen LogP contribution is 2.34. The first kappa shape index (κ1) is 18.9. The summed E-state index contributed by atoms with van der Waals surface area (Å²) < 4.78 is 4.90. The quantitative estimate of drug-likeness (QED) is 0.478. The van der Waals surface area contributed by atoms with Gasteiger partial charge in [0.15, 0.2) is 5.82 Å². The SMILES string of the molecule is COC(=O)c1cnc(NC(=O)C2CC2)c2[nH]c(-c3cccc(-c4nnn(C)n4)c3)cc12. The lowest BCUT2D eigenvalue weighted by atomic mass is 10.1. The predicted octanol–water partition coefficient (Wildman–Crippen LogP) is 2.56. The number of carbonyl (C=O) groups excluding carboxylic acids is 2. The molecule has 2 N–H and O–H groups in total. The summed E-state index contributed by atoms with van der Waals surface area (Å²) in [5.41, 5.74) is 3.29. The maximum absolute atomic E-state index is 12.3. The van der Waals surface area contributed by atoms with E-state index in [-0.39, 0.29) is 11.8 Å². The molecule has 0 unspecified atom stereocenters. The van der Waals surface area contributed by atoms with E-state index in [9.17, 15) is 9.59 Å². The molecule has 0 atom stereocenters. The maximum atomic E-state index is 12.3. The number of aromatic nitrogens is 6. The van der Waals surface area contributed by atoms with Gasteiger partial charge in [-0.2, -0.15) is 4.80 Å². The van der Waals surface area contributed by atoms with Gasteiger partial charge in [-0.15, -0.1) is 10.2 Å². The Balaban J connectivity index is 1.61. The Kier molecular flexibility index (Phi) is 4.46. The fourth-order valence-electron chi connectivity index (χ4n) is 3.43. The lowest BCUT2D eigenvalue weighted by Crippen LogP contribution is -2.15. The standard InChI is InChI=1S/C21H19N7O3/c1-28-26-18(25-27-28)13-5-3-4-12(8-13)16-9-14-15(21(30)31-2)10-22-19(17(14)23-16)24-20(29)11-6-7-11/h3-5,8-11,23H,6-7H2,1-2H3,(H,22,24,29). The molecule has 4 aromatic rings. The second kappa shape index (κ2) is 7.31. The number of aryl methyl sites for hydroxylation is 1. The smallest absolute Gasteiger partial charge is 0.340 e. The van der Waals surface area contributed by atoms with Crippen LogP contribution in [-0.2, 0) is 16.6 Å². The number of fused-ring (bicyclic) bond motifs is 1. The van der Waals surface area contributed by atoms with Crippen LogP contribution in [-0.4, -0.2) is 49.2 Å². The lowest BCUT2D eigenvalue weighted by molar-refractivity contribution is -0.117. The number of hydrogen-bond donors (Lipinski definition) is 2. The Hall–Kier alpha value is -4.08. The summed E-state index contributed by atoms with van der Waals surface area (Å²) in [6.07, 6.45) is 3.19. The van der Waals surface area contributed by atoms with E-state index in [1.807, 2.05) is 30.3 Å². The van der Waals surface area contributed by atoms with E-state index in [2.05, 4.69) is 30.7 Å². The van der Waals surface area contributed by atoms with E-state index < -0.39 is 5.97 Å². The van der Waals surface area contributed by atoms with Crippen LogP contribution in [0.25, 0.3) is 33.5 Å². The fourth-order valence-corrected chi connectivity index (χ4v) is 3.43. The number of nitrogens with one attached hydrogen (secondary N) is 2. The molecule has 1 aromatic carbocycles. The summed E-state index contributed by atoms with van der Waals surface area (Å²) in [7, 11) is 3.03. The molecule has 10 nitrogen and oxygen atoms in total. The molecule has 10 heteroatoms. The van der Waals surface area contributed by atoms with Crippen molar-refractivity contribution in [3.8, 4) is 22.6 Å². The molecule has 3 aromatic heterocycles. The van der Waals surface area contributed by atoms with E-state index in [4.69, 9.17) is 4.74 Å². The van der Waals surface area contributed by atoms with E-state index in [0.29, 0.717) is 28.1 Å². The summed E-state index contributed by atoms with van der Waals surface area (Å²) in [5.74, 6) is 0.363. The van der Waals surface area contributed by atoms with Gasteiger partial charge in [-0.25, -0.2) is 9.78 Å². The first-order valence-electron chi connectivity index (χ1n) is 9.79. The van der Waals surface area contributed by atoms with Crippen LogP contribution < -0.4 is 5.32 Å². The van der Waals surface area contributed by atoms with Crippen LogP contribution >= 0.6 is 0 Å². The summed E-state index contributed by atoms with van der Waals surface area (Å²) in [5, 5.41) is 15.7. The van der Waals surface area contributed by atoms with Crippen molar-refractivity contribution in [2.24, 2.45) is 13.0 Å². The molecule has 31 heavy (non-hydrogen) atoms. The molecular weight excluding hydrogens is 398 g/mol. The van der Waals surface area contributed by atoms with Gasteiger partial charge in [-0.3, -0.25) is 4.79 Å². The van der Waals surface area contributed by atoms with Gasteiger partial charge in [0.1, 0.15) is 0 Å². The average molecular weight is 417 g/mol. The lowest BCUT2D eigenvalue weighted by Gasteiger charge is -2.07. The molecular formula is C21H19N7O3. The van der Waals surface area contributed by atoms with Gasteiger partial charge >= 0.3 is 5.97 Å². The summed E-state index contributed by atoms with van der Waals surface area (Å²) in [6.45, 7) is 0. The maximum Gasteiger partial charge on any atom is 0.340 e. The third kappa shape index (κ3) is 3.52. The zero-order valence-electron chi connectivity index (χ0n) is 16.9. The predicted molar refractivity (Wildman–Crippen MR) is 112 cm³/mol. The monoisotopic (exact) mass is 417 g/mol. The Labute approximate surface area is 176 Å². The molecule has 1 saturated carbocycles. The molecule has 1 fully saturated rings. The second-order valence-corrected chi connectivity index (χ2v) is 7.43. The molecule has 1 amide bonds. The van der Waals surface area contributed by atoms with Gasteiger partial charge in [0.2, 0.25) is 11.7 Å². The van der Waals surface area contributed by atoms with Gasteiger partial charge < -0.3 is 15.0 Å². The van der Waals surface area contributed by atoms with Crippen molar-refractivity contribution in [1.29, 1.82) is 0 Å². The number of rotatable bonds is 5. The number of esters is 1. The largest absolute Gasteiger partial charge is 0.465 e. The minimum Gasteiger partial charge on any atom is -0.465 e. The minimum absolute atomic E-state index is 0.0303. The summed E-state index contributed by atoms with van der Waals surface area (Å²) >= 11 is 0.